The standard InChI is InChI=1S/C8H18N2O2S/c1-3-10-8(11)6-13(12)5-4-7(2)9/h7H,3-6,9H2,1-2H3,(H,10,11). The fraction of sp³-hybridized carbons (Fsp3) is 0.875. The molecule has 0 aliphatic heterocycles. The molecule has 2 unspecified atom stereocenters. The summed E-state index contributed by atoms with van der Waals surface area (Å²) < 4.78 is 11.2. The van der Waals surface area contributed by atoms with Gasteiger partial charge >= 0.3 is 0 Å². The van der Waals surface area contributed by atoms with Crippen LogP contribution in [0.3, 0.4) is 0 Å². The summed E-state index contributed by atoms with van der Waals surface area (Å²) in [6.45, 7) is 4.29. The molecule has 4 nitrogen and oxygen atoms in total. The first-order valence-corrected chi connectivity index (χ1v) is 5.92. The summed E-state index contributed by atoms with van der Waals surface area (Å²) in [5.74, 6) is 0.459. The largest absolute Gasteiger partial charge is 0.356 e. The molecule has 0 aromatic heterocycles. The minimum Gasteiger partial charge on any atom is -0.356 e. The van der Waals surface area contributed by atoms with Gasteiger partial charge < -0.3 is 11.1 Å². The van der Waals surface area contributed by atoms with Gasteiger partial charge in [0.05, 0.1) is 0 Å². The highest BCUT2D eigenvalue weighted by Gasteiger charge is 2.07. The van der Waals surface area contributed by atoms with Crippen LogP contribution in [-0.4, -0.2) is 34.2 Å². The van der Waals surface area contributed by atoms with Crippen molar-refractivity contribution in [1.29, 1.82) is 0 Å². The lowest BCUT2D eigenvalue weighted by atomic mass is 10.3. The van der Waals surface area contributed by atoms with E-state index in [-0.39, 0.29) is 17.7 Å². The number of carbonyl (C=O) groups is 1. The van der Waals surface area contributed by atoms with E-state index in [1.165, 1.54) is 0 Å². The van der Waals surface area contributed by atoms with Crippen LogP contribution in [-0.2, 0) is 15.6 Å². The maximum Gasteiger partial charge on any atom is 0.232 e. The Labute approximate surface area is 81.7 Å². The second-order valence-corrected chi connectivity index (χ2v) is 4.58. The Morgan fingerprint density at radius 3 is 2.69 bits per heavy atom. The molecule has 0 rings (SSSR count). The fourth-order valence-electron chi connectivity index (χ4n) is 0.784. The molecule has 0 aromatic carbocycles. The lowest BCUT2D eigenvalue weighted by molar-refractivity contribution is -0.118. The SMILES string of the molecule is CCNC(=O)CS(=O)CCC(C)N. The molecule has 0 heterocycles. The number of nitrogens with two attached hydrogens (primary N) is 1. The molecule has 0 bridgehead atoms. The van der Waals surface area contributed by atoms with Gasteiger partial charge in [-0.25, -0.2) is 0 Å². The highest BCUT2D eigenvalue weighted by Crippen LogP contribution is 1.91. The van der Waals surface area contributed by atoms with Crippen LogP contribution in [0.5, 0.6) is 0 Å². The smallest absolute Gasteiger partial charge is 0.232 e. The van der Waals surface area contributed by atoms with Crippen LogP contribution in [0.4, 0.5) is 0 Å². The predicted octanol–water partition coefficient (Wildman–Crippen LogP) is -0.391. The third kappa shape index (κ3) is 7.93. The number of hydrogen-bond acceptors (Lipinski definition) is 3. The van der Waals surface area contributed by atoms with Gasteiger partial charge in [-0.2, -0.15) is 0 Å². The summed E-state index contributed by atoms with van der Waals surface area (Å²) in [4.78, 5) is 11.0. The zero-order chi connectivity index (χ0) is 10.3. The normalized spacial score (nSPS) is 15.0. The van der Waals surface area contributed by atoms with Gasteiger partial charge in [0.25, 0.3) is 0 Å². The van der Waals surface area contributed by atoms with E-state index in [4.69, 9.17) is 5.73 Å². The zero-order valence-electron chi connectivity index (χ0n) is 8.21. The highest BCUT2D eigenvalue weighted by atomic mass is 32.2. The molecule has 3 N–H and O–H groups in total. The average molecular weight is 206 g/mol. The second-order valence-electron chi connectivity index (χ2n) is 3.01. The van der Waals surface area contributed by atoms with Crippen molar-refractivity contribution < 1.29 is 9.00 Å². The molecule has 0 radical (unpaired) electrons. The van der Waals surface area contributed by atoms with E-state index < -0.39 is 10.8 Å². The van der Waals surface area contributed by atoms with Crippen LogP contribution in [0, 0.1) is 0 Å². The zero-order valence-corrected chi connectivity index (χ0v) is 9.02. The van der Waals surface area contributed by atoms with E-state index in [9.17, 15) is 9.00 Å². The van der Waals surface area contributed by atoms with E-state index in [0.29, 0.717) is 18.7 Å². The molecule has 0 spiro atoms. The third-order valence-electron chi connectivity index (χ3n) is 1.47. The molecule has 2 atom stereocenters. The number of rotatable bonds is 6. The Balaban J connectivity index is 3.56. The molecule has 0 fully saturated rings. The van der Waals surface area contributed by atoms with Gasteiger partial charge in [0, 0.05) is 29.1 Å². The lowest BCUT2D eigenvalue weighted by Crippen LogP contribution is -2.29. The van der Waals surface area contributed by atoms with Gasteiger partial charge in [-0.15, -0.1) is 0 Å². The minimum atomic E-state index is -1.06. The van der Waals surface area contributed by atoms with Gasteiger partial charge in [0.1, 0.15) is 5.75 Å². The van der Waals surface area contributed by atoms with Crippen LogP contribution in [0.25, 0.3) is 0 Å². The molecule has 0 saturated carbocycles. The van der Waals surface area contributed by atoms with Crippen molar-refractivity contribution in [2.45, 2.75) is 26.3 Å². The summed E-state index contributed by atoms with van der Waals surface area (Å²) in [5, 5.41) is 2.60. The van der Waals surface area contributed by atoms with E-state index in [2.05, 4.69) is 5.32 Å². The van der Waals surface area contributed by atoms with E-state index >= 15 is 0 Å². The first kappa shape index (κ1) is 12.6. The van der Waals surface area contributed by atoms with E-state index in [0.717, 1.165) is 0 Å². The maximum atomic E-state index is 11.2. The summed E-state index contributed by atoms with van der Waals surface area (Å²) in [5.41, 5.74) is 5.50. The van der Waals surface area contributed by atoms with Crippen molar-refractivity contribution in [2.75, 3.05) is 18.1 Å². The molecule has 5 heteroatoms. The predicted molar refractivity (Wildman–Crippen MR) is 54.8 cm³/mol. The van der Waals surface area contributed by atoms with Crippen molar-refractivity contribution in [3.05, 3.63) is 0 Å². The Hall–Kier alpha value is -0.420. The van der Waals surface area contributed by atoms with Gasteiger partial charge in [0.2, 0.25) is 5.91 Å². The molecule has 0 aromatic rings. The van der Waals surface area contributed by atoms with Gasteiger partial charge in [-0.05, 0) is 20.3 Å². The first-order valence-electron chi connectivity index (χ1n) is 4.43. The van der Waals surface area contributed by atoms with Crippen LogP contribution < -0.4 is 11.1 Å². The summed E-state index contributed by atoms with van der Waals surface area (Å²) in [7, 11) is -1.06. The number of hydrogen-bond donors (Lipinski definition) is 2. The van der Waals surface area contributed by atoms with Crippen LogP contribution >= 0.6 is 0 Å². The monoisotopic (exact) mass is 206 g/mol. The number of carbonyl (C=O) groups excluding carboxylic acids is 1. The molecule has 0 aliphatic carbocycles. The van der Waals surface area contributed by atoms with Crippen molar-refractivity contribution in [3.8, 4) is 0 Å². The van der Waals surface area contributed by atoms with Crippen LogP contribution in [0.1, 0.15) is 20.3 Å². The lowest BCUT2D eigenvalue weighted by Gasteiger charge is -2.04. The molecule has 0 saturated heterocycles. The Morgan fingerprint density at radius 2 is 2.23 bits per heavy atom. The van der Waals surface area contributed by atoms with Crippen LogP contribution in [0.2, 0.25) is 0 Å². The van der Waals surface area contributed by atoms with E-state index in [1.807, 2.05) is 13.8 Å². The highest BCUT2D eigenvalue weighted by molar-refractivity contribution is 7.85. The minimum absolute atomic E-state index is 0.0539. The van der Waals surface area contributed by atoms with Crippen molar-refractivity contribution in [1.82, 2.24) is 5.32 Å². The van der Waals surface area contributed by atoms with Crippen LogP contribution in [0.15, 0.2) is 0 Å². The molecule has 0 aliphatic rings. The summed E-state index contributed by atoms with van der Waals surface area (Å²) >= 11 is 0. The molecular weight excluding hydrogens is 188 g/mol. The Kier molecular flexibility index (Phi) is 6.80. The molecule has 78 valence electrons. The Morgan fingerprint density at radius 1 is 1.62 bits per heavy atom. The number of amides is 1. The van der Waals surface area contributed by atoms with Crippen molar-refractivity contribution >= 4 is 16.7 Å². The van der Waals surface area contributed by atoms with Gasteiger partial charge in [-0.1, -0.05) is 0 Å². The van der Waals surface area contributed by atoms with Gasteiger partial charge in [0.15, 0.2) is 0 Å². The second kappa shape index (κ2) is 7.03. The molecular formula is C8H18N2O2S. The maximum absolute atomic E-state index is 11.2. The fourth-order valence-corrected chi connectivity index (χ4v) is 1.96. The van der Waals surface area contributed by atoms with Gasteiger partial charge in [-0.3, -0.25) is 9.00 Å². The number of nitrogens with one attached hydrogen (secondary N) is 1. The average Bonchev–Trinajstić information content (AvgIpc) is 2.01. The van der Waals surface area contributed by atoms with E-state index in [1.54, 1.807) is 0 Å². The van der Waals surface area contributed by atoms with Crippen molar-refractivity contribution in [2.24, 2.45) is 5.73 Å². The molecule has 1 amide bonds. The summed E-state index contributed by atoms with van der Waals surface area (Å²) in [6.07, 6.45) is 0.700. The van der Waals surface area contributed by atoms with Crippen molar-refractivity contribution in [3.63, 3.8) is 0 Å². The Bertz CT molecular complexity index is 183. The quantitative estimate of drug-likeness (QED) is 0.621. The summed E-state index contributed by atoms with van der Waals surface area (Å²) in [6, 6.07) is 0.0539. The molecule has 13 heavy (non-hydrogen) atoms. The topological polar surface area (TPSA) is 72.2 Å². The third-order valence-corrected chi connectivity index (χ3v) is 2.74. The first-order chi connectivity index (χ1) is 6.06.